The first-order valence-corrected chi connectivity index (χ1v) is 10.6. The van der Waals surface area contributed by atoms with E-state index >= 15 is 0 Å². The molecule has 1 aromatic rings. The average Bonchev–Trinajstić information content (AvgIpc) is 3.32. The fourth-order valence-electron chi connectivity index (χ4n) is 4.46. The van der Waals surface area contributed by atoms with Gasteiger partial charge in [-0.3, -0.25) is 0 Å². The fraction of sp³-hybridized carbons (Fsp3) is 0.652. The normalized spacial score (nSPS) is 19.0. The highest BCUT2D eigenvalue weighted by Crippen LogP contribution is 2.38. The van der Waals surface area contributed by atoms with Crippen LogP contribution in [0.1, 0.15) is 68.9 Å². The van der Waals surface area contributed by atoms with Crippen molar-refractivity contribution >= 4 is 0 Å². The summed E-state index contributed by atoms with van der Waals surface area (Å²) in [5, 5.41) is 0. The summed E-state index contributed by atoms with van der Waals surface area (Å²) in [6, 6.07) is 3.49. The van der Waals surface area contributed by atoms with Crippen LogP contribution in [0.3, 0.4) is 0 Å². The molecule has 0 aliphatic heterocycles. The minimum Gasteiger partial charge on any atom is -0.490 e. The molecule has 0 radical (unpaired) electrons. The molecule has 0 heterocycles. The van der Waals surface area contributed by atoms with Gasteiger partial charge in [0.2, 0.25) is 0 Å². The van der Waals surface area contributed by atoms with E-state index in [9.17, 15) is 13.2 Å². The number of hydrogen-bond acceptors (Lipinski definition) is 2. The van der Waals surface area contributed by atoms with Crippen LogP contribution in [0.4, 0.5) is 13.2 Å². The van der Waals surface area contributed by atoms with Crippen LogP contribution in [0.5, 0.6) is 11.5 Å². The zero-order valence-corrected chi connectivity index (χ0v) is 16.7. The maximum absolute atomic E-state index is 13.0. The van der Waals surface area contributed by atoms with Crippen LogP contribution in [-0.2, 0) is 6.42 Å². The first-order valence-electron chi connectivity index (χ1n) is 10.6. The van der Waals surface area contributed by atoms with E-state index in [1.165, 1.54) is 51.4 Å². The molecule has 0 amide bonds. The third-order valence-corrected chi connectivity index (χ3v) is 6.10. The summed E-state index contributed by atoms with van der Waals surface area (Å²) < 4.78 is 49.0. The Kier molecular flexibility index (Phi) is 7.30. The highest BCUT2D eigenvalue weighted by molar-refractivity contribution is 5.50. The van der Waals surface area contributed by atoms with Crippen molar-refractivity contribution in [1.29, 1.82) is 0 Å². The first-order chi connectivity index (χ1) is 13.4. The second-order valence-corrected chi connectivity index (χ2v) is 8.19. The molecule has 2 aliphatic rings. The Hall–Kier alpha value is -1.65. The second kappa shape index (κ2) is 9.71. The van der Waals surface area contributed by atoms with Crippen LogP contribution in [0.2, 0.25) is 0 Å². The van der Waals surface area contributed by atoms with E-state index in [4.69, 9.17) is 4.74 Å². The van der Waals surface area contributed by atoms with E-state index in [-0.39, 0.29) is 11.5 Å². The lowest BCUT2D eigenvalue weighted by Crippen LogP contribution is -2.19. The number of halogens is 3. The summed E-state index contributed by atoms with van der Waals surface area (Å²) in [6.07, 6.45) is 10.9. The van der Waals surface area contributed by atoms with Crippen molar-refractivity contribution in [3.8, 4) is 11.5 Å². The average molecular weight is 396 g/mol. The predicted octanol–water partition coefficient (Wildman–Crippen LogP) is 7.14. The van der Waals surface area contributed by atoms with Gasteiger partial charge in [-0.2, -0.15) is 0 Å². The van der Waals surface area contributed by atoms with Gasteiger partial charge in [-0.15, -0.1) is 13.2 Å². The van der Waals surface area contributed by atoms with Crippen LogP contribution >= 0.6 is 0 Å². The third kappa shape index (κ3) is 6.18. The topological polar surface area (TPSA) is 18.5 Å². The van der Waals surface area contributed by atoms with Crippen LogP contribution in [-0.4, -0.2) is 13.0 Å². The van der Waals surface area contributed by atoms with E-state index in [1.54, 1.807) is 13.0 Å². The van der Waals surface area contributed by atoms with Crippen LogP contribution < -0.4 is 9.47 Å². The molecule has 0 bridgehead atoms. The SMILES string of the molecule is Cc1c(C/C=C/C2CCCC2)ccc(OCCC2CCCC2)c1OC(F)(F)F. The van der Waals surface area contributed by atoms with Gasteiger partial charge >= 0.3 is 6.36 Å². The lowest BCUT2D eigenvalue weighted by Gasteiger charge is -2.19. The summed E-state index contributed by atoms with van der Waals surface area (Å²) in [5.74, 6) is 1.25. The summed E-state index contributed by atoms with van der Waals surface area (Å²) >= 11 is 0. The molecule has 28 heavy (non-hydrogen) atoms. The van der Waals surface area contributed by atoms with Crippen molar-refractivity contribution in [3.63, 3.8) is 0 Å². The molecule has 1 aromatic carbocycles. The van der Waals surface area contributed by atoms with E-state index in [0.717, 1.165) is 12.0 Å². The largest absolute Gasteiger partial charge is 0.573 e. The number of alkyl halides is 3. The molecular formula is C23H31F3O2. The highest BCUT2D eigenvalue weighted by atomic mass is 19.4. The third-order valence-electron chi connectivity index (χ3n) is 6.10. The van der Waals surface area contributed by atoms with Crippen molar-refractivity contribution in [2.24, 2.45) is 11.8 Å². The maximum Gasteiger partial charge on any atom is 0.573 e. The van der Waals surface area contributed by atoms with Crippen LogP contribution in [0.15, 0.2) is 24.3 Å². The molecule has 0 saturated heterocycles. The first kappa shape index (κ1) is 21.1. The predicted molar refractivity (Wildman–Crippen MR) is 105 cm³/mol. The number of allylic oxidation sites excluding steroid dienone is 2. The molecule has 0 unspecified atom stereocenters. The Balaban J connectivity index is 1.68. The van der Waals surface area contributed by atoms with Gasteiger partial charge in [0.25, 0.3) is 0 Å². The molecular weight excluding hydrogens is 365 g/mol. The zero-order valence-electron chi connectivity index (χ0n) is 16.7. The van der Waals surface area contributed by atoms with E-state index in [2.05, 4.69) is 16.9 Å². The van der Waals surface area contributed by atoms with Crippen molar-refractivity contribution in [3.05, 3.63) is 35.4 Å². The van der Waals surface area contributed by atoms with Gasteiger partial charge in [-0.25, -0.2) is 0 Å². The van der Waals surface area contributed by atoms with Gasteiger partial charge < -0.3 is 9.47 Å². The molecule has 0 spiro atoms. The van der Waals surface area contributed by atoms with Gasteiger partial charge in [0.1, 0.15) is 0 Å². The van der Waals surface area contributed by atoms with E-state index in [0.29, 0.717) is 30.4 Å². The Morgan fingerprint density at radius 1 is 1.04 bits per heavy atom. The van der Waals surface area contributed by atoms with Gasteiger partial charge in [0, 0.05) is 0 Å². The lowest BCUT2D eigenvalue weighted by atomic mass is 10.0. The molecule has 3 rings (SSSR count). The summed E-state index contributed by atoms with van der Waals surface area (Å²) in [5.41, 5.74) is 1.35. The fourth-order valence-corrected chi connectivity index (χ4v) is 4.46. The molecule has 2 nitrogen and oxygen atoms in total. The standard InChI is InChI=1S/C23H31F3O2/c1-17-20(12-6-11-18-7-2-3-8-18)13-14-21(22(17)28-23(24,25)26)27-16-15-19-9-4-5-10-19/h6,11,13-14,18-19H,2-5,7-10,12,15-16H2,1H3/b11-6+. The smallest absolute Gasteiger partial charge is 0.490 e. The van der Waals surface area contributed by atoms with Gasteiger partial charge in [-0.05, 0) is 61.6 Å². The summed E-state index contributed by atoms with van der Waals surface area (Å²) in [7, 11) is 0. The molecule has 0 N–H and O–H groups in total. The minimum atomic E-state index is -4.73. The Labute approximate surface area is 166 Å². The second-order valence-electron chi connectivity index (χ2n) is 8.19. The van der Waals surface area contributed by atoms with Crippen molar-refractivity contribution in [2.45, 2.75) is 77.5 Å². The number of benzene rings is 1. The molecule has 0 aromatic heterocycles. The summed E-state index contributed by atoms with van der Waals surface area (Å²) in [6.45, 7) is 2.11. The monoisotopic (exact) mass is 396 g/mol. The van der Waals surface area contributed by atoms with Crippen LogP contribution in [0, 0.1) is 18.8 Å². The molecule has 2 saturated carbocycles. The summed E-state index contributed by atoms with van der Waals surface area (Å²) in [4.78, 5) is 0. The van der Waals surface area contributed by atoms with E-state index in [1.807, 2.05) is 6.07 Å². The minimum absolute atomic E-state index is 0.189. The molecule has 0 atom stereocenters. The quantitative estimate of drug-likeness (QED) is 0.435. The van der Waals surface area contributed by atoms with Crippen molar-refractivity contribution < 1.29 is 22.6 Å². The molecule has 2 aliphatic carbocycles. The zero-order chi connectivity index (χ0) is 20.0. The maximum atomic E-state index is 13.0. The van der Waals surface area contributed by atoms with E-state index < -0.39 is 6.36 Å². The number of ether oxygens (including phenoxy) is 2. The molecule has 2 fully saturated rings. The van der Waals surface area contributed by atoms with Crippen LogP contribution in [0.25, 0.3) is 0 Å². The highest BCUT2D eigenvalue weighted by Gasteiger charge is 2.33. The van der Waals surface area contributed by atoms with Gasteiger partial charge in [0.05, 0.1) is 6.61 Å². The Morgan fingerprint density at radius 3 is 2.39 bits per heavy atom. The number of hydrogen-bond donors (Lipinski definition) is 0. The lowest BCUT2D eigenvalue weighted by molar-refractivity contribution is -0.275. The van der Waals surface area contributed by atoms with Gasteiger partial charge in [-0.1, -0.05) is 56.7 Å². The number of rotatable bonds is 8. The molecule has 156 valence electrons. The van der Waals surface area contributed by atoms with Gasteiger partial charge in [0.15, 0.2) is 11.5 Å². The Bertz CT molecular complexity index is 655. The molecule has 5 heteroatoms. The van der Waals surface area contributed by atoms with Crippen molar-refractivity contribution in [2.75, 3.05) is 6.61 Å². The Morgan fingerprint density at radius 2 is 1.71 bits per heavy atom. The van der Waals surface area contributed by atoms with Crippen molar-refractivity contribution in [1.82, 2.24) is 0 Å².